The number of hydrogen-bond acceptors (Lipinski definition) is 4. The monoisotopic (exact) mass is 301 g/mol. The molecule has 1 amide bonds. The largest absolute Gasteiger partial charge is 0.444 e. The Morgan fingerprint density at radius 1 is 1.33 bits per heavy atom. The van der Waals surface area contributed by atoms with E-state index in [1.807, 2.05) is 41.5 Å². The molecule has 3 atom stereocenters. The van der Waals surface area contributed by atoms with Crippen LogP contribution in [0.25, 0.3) is 0 Å². The van der Waals surface area contributed by atoms with Gasteiger partial charge in [-0.2, -0.15) is 0 Å². The number of aliphatic hydroxyl groups excluding tert-OH is 1. The summed E-state index contributed by atoms with van der Waals surface area (Å²) in [6, 6.07) is -0.382. The smallest absolute Gasteiger partial charge is 0.412 e. The molecule has 21 heavy (non-hydrogen) atoms. The fourth-order valence-corrected chi connectivity index (χ4v) is 2.50. The summed E-state index contributed by atoms with van der Waals surface area (Å²) in [5.74, 6) is 0.390. The van der Waals surface area contributed by atoms with E-state index in [0.717, 1.165) is 0 Å². The molecular formula is C16H31NO4. The van der Waals surface area contributed by atoms with Crippen LogP contribution in [-0.4, -0.2) is 46.2 Å². The SMILES string of the molecule is CC(C)[C@H](C)[C@@H](O)[C@@H]1COC(C)(C)N1C(=O)OC(C)(C)C. The van der Waals surface area contributed by atoms with E-state index in [4.69, 9.17) is 9.47 Å². The number of nitrogens with zero attached hydrogens (tertiary/aromatic N) is 1. The van der Waals surface area contributed by atoms with Crippen molar-refractivity contribution in [3.05, 3.63) is 0 Å². The van der Waals surface area contributed by atoms with Gasteiger partial charge in [0.25, 0.3) is 0 Å². The molecule has 1 fully saturated rings. The number of ether oxygens (including phenoxy) is 2. The molecule has 1 aliphatic rings. The maximum Gasteiger partial charge on any atom is 0.412 e. The second-order valence-corrected chi connectivity index (χ2v) is 7.77. The second kappa shape index (κ2) is 6.13. The summed E-state index contributed by atoms with van der Waals surface area (Å²) >= 11 is 0. The van der Waals surface area contributed by atoms with E-state index in [2.05, 4.69) is 13.8 Å². The normalized spacial score (nSPS) is 25.0. The van der Waals surface area contributed by atoms with Gasteiger partial charge >= 0.3 is 6.09 Å². The number of carbonyl (C=O) groups is 1. The van der Waals surface area contributed by atoms with Gasteiger partial charge in [-0.15, -0.1) is 0 Å². The Morgan fingerprint density at radius 3 is 2.29 bits per heavy atom. The third kappa shape index (κ3) is 4.33. The molecule has 5 heteroatoms. The van der Waals surface area contributed by atoms with Crippen molar-refractivity contribution >= 4 is 6.09 Å². The topological polar surface area (TPSA) is 59.0 Å². The summed E-state index contributed by atoms with van der Waals surface area (Å²) in [6.45, 7) is 15.6. The number of amides is 1. The van der Waals surface area contributed by atoms with Crippen LogP contribution >= 0.6 is 0 Å². The molecule has 1 heterocycles. The number of rotatable bonds is 3. The molecule has 0 bridgehead atoms. The molecule has 1 N–H and O–H groups in total. The first-order valence-electron chi connectivity index (χ1n) is 7.71. The predicted molar refractivity (Wildman–Crippen MR) is 81.9 cm³/mol. The molecule has 0 unspecified atom stereocenters. The highest BCUT2D eigenvalue weighted by Gasteiger charge is 2.49. The second-order valence-electron chi connectivity index (χ2n) is 7.77. The van der Waals surface area contributed by atoms with Crippen molar-refractivity contribution in [3.63, 3.8) is 0 Å². The summed E-state index contributed by atoms with van der Waals surface area (Å²) in [7, 11) is 0. The van der Waals surface area contributed by atoms with E-state index in [9.17, 15) is 9.90 Å². The average Bonchev–Trinajstić information content (AvgIpc) is 2.60. The van der Waals surface area contributed by atoms with Crippen molar-refractivity contribution in [2.45, 2.75) is 78.9 Å². The minimum atomic E-state index is -0.773. The van der Waals surface area contributed by atoms with Gasteiger partial charge in [-0.05, 0) is 46.5 Å². The molecule has 0 aliphatic carbocycles. The maximum atomic E-state index is 12.5. The van der Waals surface area contributed by atoms with Crippen LogP contribution in [0.3, 0.4) is 0 Å². The molecule has 0 aromatic carbocycles. The van der Waals surface area contributed by atoms with Gasteiger partial charge in [0.1, 0.15) is 11.3 Å². The first-order valence-corrected chi connectivity index (χ1v) is 7.71. The fourth-order valence-electron chi connectivity index (χ4n) is 2.50. The predicted octanol–water partition coefficient (Wildman–Crippen LogP) is 3.01. The lowest BCUT2D eigenvalue weighted by Crippen LogP contribution is -2.54. The highest BCUT2D eigenvalue weighted by atomic mass is 16.6. The first kappa shape index (κ1) is 18.2. The fraction of sp³-hybridized carbons (Fsp3) is 0.938. The van der Waals surface area contributed by atoms with Crippen LogP contribution in [0.4, 0.5) is 4.79 Å². The van der Waals surface area contributed by atoms with Gasteiger partial charge in [-0.1, -0.05) is 20.8 Å². The van der Waals surface area contributed by atoms with Gasteiger partial charge in [0.05, 0.1) is 18.8 Å². The molecule has 0 aromatic rings. The standard InChI is InChI=1S/C16H31NO4/c1-10(2)11(3)13(18)12-9-20-16(7,8)17(12)14(19)21-15(4,5)6/h10-13,18H,9H2,1-8H3/t11-,12-,13+/m0/s1. The lowest BCUT2D eigenvalue weighted by molar-refractivity contribution is -0.0714. The summed E-state index contributed by atoms with van der Waals surface area (Å²) < 4.78 is 11.2. The summed E-state index contributed by atoms with van der Waals surface area (Å²) in [4.78, 5) is 14.0. The Labute approximate surface area is 128 Å². The van der Waals surface area contributed by atoms with Crippen LogP contribution in [0.1, 0.15) is 55.4 Å². The van der Waals surface area contributed by atoms with Crippen LogP contribution in [0.5, 0.6) is 0 Å². The van der Waals surface area contributed by atoms with Gasteiger partial charge in [0, 0.05) is 0 Å². The van der Waals surface area contributed by atoms with E-state index < -0.39 is 23.5 Å². The molecule has 1 rings (SSSR count). The lowest BCUT2D eigenvalue weighted by atomic mass is 9.88. The number of aliphatic hydroxyl groups is 1. The maximum absolute atomic E-state index is 12.5. The molecule has 0 radical (unpaired) electrons. The molecule has 124 valence electrons. The third-order valence-electron chi connectivity index (χ3n) is 4.09. The Morgan fingerprint density at radius 2 is 1.86 bits per heavy atom. The zero-order valence-corrected chi connectivity index (χ0v) is 14.6. The molecule has 0 saturated carbocycles. The zero-order valence-electron chi connectivity index (χ0n) is 14.6. The van der Waals surface area contributed by atoms with Gasteiger partial charge in [0.2, 0.25) is 0 Å². The lowest BCUT2D eigenvalue weighted by Gasteiger charge is -2.38. The van der Waals surface area contributed by atoms with Crippen molar-refractivity contribution in [2.24, 2.45) is 11.8 Å². The van der Waals surface area contributed by atoms with Crippen LogP contribution in [0.15, 0.2) is 0 Å². The number of hydrogen-bond donors (Lipinski definition) is 1. The third-order valence-corrected chi connectivity index (χ3v) is 4.09. The summed E-state index contributed by atoms with van der Waals surface area (Å²) in [5.41, 5.74) is -1.35. The Bertz CT molecular complexity index is 373. The van der Waals surface area contributed by atoms with Crippen molar-refractivity contribution in [2.75, 3.05) is 6.61 Å². The van der Waals surface area contributed by atoms with E-state index in [1.54, 1.807) is 4.90 Å². The van der Waals surface area contributed by atoms with Crippen LogP contribution in [0.2, 0.25) is 0 Å². The van der Waals surface area contributed by atoms with Crippen LogP contribution < -0.4 is 0 Å². The first-order chi connectivity index (χ1) is 9.37. The van der Waals surface area contributed by atoms with Gasteiger partial charge in [-0.3, -0.25) is 4.90 Å². The van der Waals surface area contributed by atoms with Crippen molar-refractivity contribution in [1.82, 2.24) is 4.90 Å². The molecule has 5 nitrogen and oxygen atoms in total. The zero-order chi connectivity index (χ0) is 16.6. The summed E-state index contributed by atoms with van der Waals surface area (Å²) in [5, 5.41) is 10.6. The Kier molecular flexibility index (Phi) is 5.32. The van der Waals surface area contributed by atoms with Crippen molar-refractivity contribution in [3.8, 4) is 0 Å². The highest BCUT2D eigenvalue weighted by molar-refractivity contribution is 5.69. The highest BCUT2D eigenvalue weighted by Crippen LogP contribution is 2.33. The van der Waals surface area contributed by atoms with E-state index in [1.165, 1.54) is 0 Å². The minimum Gasteiger partial charge on any atom is -0.444 e. The minimum absolute atomic E-state index is 0.0671. The molecular weight excluding hydrogens is 270 g/mol. The van der Waals surface area contributed by atoms with Crippen LogP contribution in [0, 0.1) is 11.8 Å². The van der Waals surface area contributed by atoms with Crippen LogP contribution in [-0.2, 0) is 9.47 Å². The molecule has 1 saturated heterocycles. The Balaban J connectivity index is 2.96. The van der Waals surface area contributed by atoms with Crippen molar-refractivity contribution < 1.29 is 19.4 Å². The quantitative estimate of drug-likeness (QED) is 0.870. The Hall–Kier alpha value is -0.810. The molecule has 1 aliphatic heterocycles. The van der Waals surface area contributed by atoms with Gasteiger partial charge in [0.15, 0.2) is 0 Å². The van der Waals surface area contributed by atoms with E-state index >= 15 is 0 Å². The van der Waals surface area contributed by atoms with Crippen molar-refractivity contribution in [1.29, 1.82) is 0 Å². The summed E-state index contributed by atoms with van der Waals surface area (Å²) in [6.07, 6.45) is -1.08. The van der Waals surface area contributed by atoms with Gasteiger partial charge in [-0.25, -0.2) is 4.79 Å². The van der Waals surface area contributed by atoms with E-state index in [0.29, 0.717) is 12.5 Å². The van der Waals surface area contributed by atoms with Gasteiger partial charge < -0.3 is 14.6 Å². The number of carbonyl (C=O) groups excluding carboxylic acids is 1. The molecule has 0 spiro atoms. The van der Waals surface area contributed by atoms with E-state index in [-0.39, 0.29) is 12.0 Å². The molecule has 0 aromatic heterocycles. The average molecular weight is 301 g/mol.